The molecule has 1 rings (SSSR count). The summed E-state index contributed by atoms with van der Waals surface area (Å²) in [5.41, 5.74) is 0.579. The van der Waals surface area contributed by atoms with Gasteiger partial charge in [0.25, 0.3) is 0 Å². The second kappa shape index (κ2) is 5.68. The van der Waals surface area contributed by atoms with Crippen LogP contribution in [-0.4, -0.2) is 28.4 Å². The van der Waals surface area contributed by atoms with Gasteiger partial charge < -0.3 is 14.9 Å². The highest BCUT2D eigenvalue weighted by atomic mass is 16.5. The highest BCUT2D eigenvalue weighted by Crippen LogP contribution is 2.22. The summed E-state index contributed by atoms with van der Waals surface area (Å²) in [5.74, 6) is 0.579. The van der Waals surface area contributed by atoms with Gasteiger partial charge in [-0.2, -0.15) is 0 Å². The van der Waals surface area contributed by atoms with Gasteiger partial charge in [-0.1, -0.05) is 13.3 Å². The van der Waals surface area contributed by atoms with Crippen molar-refractivity contribution in [2.24, 2.45) is 0 Å². The standard InChI is InChI=1S/C11H17NO3/c1-3-4-10(13)11(14)8-5-9(15-2)7-12-6-8/h5-7,10-11,13-14H,3-4H2,1-2H3. The van der Waals surface area contributed by atoms with E-state index in [0.29, 0.717) is 17.7 Å². The van der Waals surface area contributed by atoms with Gasteiger partial charge in [0.2, 0.25) is 0 Å². The molecule has 2 atom stereocenters. The summed E-state index contributed by atoms with van der Waals surface area (Å²) in [4.78, 5) is 3.92. The average molecular weight is 211 g/mol. The second-order valence-corrected chi connectivity index (χ2v) is 3.46. The minimum atomic E-state index is -0.896. The van der Waals surface area contributed by atoms with Crippen molar-refractivity contribution in [3.63, 3.8) is 0 Å². The normalized spacial score (nSPS) is 14.7. The van der Waals surface area contributed by atoms with Crippen LogP contribution in [0.4, 0.5) is 0 Å². The molecule has 0 bridgehead atoms. The lowest BCUT2D eigenvalue weighted by Crippen LogP contribution is -2.17. The van der Waals surface area contributed by atoms with Crippen molar-refractivity contribution in [3.8, 4) is 5.75 Å². The van der Waals surface area contributed by atoms with Gasteiger partial charge in [-0.3, -0.25) is 4.98 Å². The van der Waals surface area contributed by atoms with Crippen molar-refractivity contribution in [2.75, 3.05) is 7.11 Å². The van der Waals surface area contributed by atoms with Crippen molar-refractivity contribution in [3.05, 3.63) is 24.0 Å². The molecule has 15 heavy (non-hydrogen) atoms. The second-order valence-electron chi connectivity index (χ2n) is 3.46. The van der Waals surface area contributed by atoms with Crippen LogP contribution in [0, 0.1) is 0 Å². The fraction of sp³-hybridized carbons (Fsp3) is 0.545. The highest BCUT2D eigenvalue weighted by molar-refractivity contribution is 5.25. The molecule has 0 saturated heterocycles. The largest absolute Gasteiger partial charge is 0.495 e. The van der Waals surface area contributed by atoms with Crippen molar-refractivity contribution in [2.45, 2.75) is 32.0 Å². The van der Waals surface area contributed by atoms with Gasteiger partial charge in [-0.05, 0) is 12.5 Å². The van der Waals surface area contributed by atoms with E-state index in [1.807, 2.05) is 6.92 Å². The third-order valence-electron chi connectivity index (χ3n) is 2.26. The molecule has 0 radical (unpaired) electrons. The third kappa shape index (κ3) is 3.18. The van der Waals surface area contributed by atoms with Crippen LogP contribution in [0.25, 0.3) is 0 Å². The molecule has 2 unspecified atom stereocenters. The van der Waals surface area contributed by atoms with Gasteiger partial charge in [0.05, 0.1) is 19.4 Å². The fourth-order valence-electron chi connectivity index (χ4n) is 1.38. The van der Waals surface area contributed by atoms with E-state index in [-0.39, 0.29) is 0 Å². The Kier molecular flexibility index (Phi) is 4.52. The summed E-state index contributed by atoms with van der Waals surface area (Å²) >= 11 is 0. The third-order valence-corrected chi connectivity index (χ3v) is 2.26. The monoisotopic (exact) mass is 211 g/mol. The molecule has 1 heterocycles. The number of pyridine rings is 1. The van der Waals surface area contributed by atoms with E-state index in [0.717, 1.165) is 6.42 Å². The number of hydrogen-bond acceptors (Lipinski definition) is 4. The Morgan fingerprint density at radius 2 is 2.13 bits per heavy atom. The lowest BCUT2D eigenvalue weighted by Gasteiger charge is -2.17. The van der Waals surface area contributed by atoms with Gasteiger partial charge >= 0.3 is 0 Å². The Bertz CT molecular complexity index is 304. The van der Waals surface area contributed by atoms with E-state index >= 15 is 0 Å². The maximum atomic E-state index is 9.79. The summed E-state index contributed by atoms with van der Waals surface area (Å²) in [7, 11) is 1.54. The molecule has 4 nitrogen and oxygen atoms in total. The van der Waals surface area contributed by atoms with Crippen LogP contribution in [0.5, 0.6) is 5.75 Å². The zero-order chi connectivity index (χ0) is 11.3. The Hall–Kier alpha value is -1.13. The molecular weight excluding hydrogens is 194 g/mol. The molecular formula is C11H17NO3. The van der Waals surface area contributed by atoms with Crippen LogP contribution >= 0.6 is 0 Å². The quantitative estimate of drug-likeness (QED) is 0.770. The van der Waals surface area contributed by atoms with Gasteiger partial charge in [-0.25, -0.2) is 0 Å². The van der Waals surface area contributed by atoms with Crippen LogP contribution in [0.15, 0.2) is 18.5 Å². The van der Waals surface area contributed by atoms with Crippen molar-refractivity contribution < 1.29 is 14.9 Å². The Labute approximate surface area is 89.5 Å². The summed E-state index contributed by atoms with van der Waals surface area (Å²) in [6.07, 6.45) is 2.85. The van der Waals surface area contributed by atoms with E-state index < -0.39 is 12.2 Å². The first-order valence-electron chi connectivity index (χ1n) is 5.04. The lowest BCUT2D eigenvalue weighted by atomic mass is 10.0. The van der Waals surface area contributed by atoms with Crippen LogP contribution < -0.4 is 4.74 Å². The number of nitrogens with zero attached hydrogens (tertiary/aromatic N) is 1. The number of aromatic nitrogens is 1. The Balaban J connectivity index is 2.76. The number of aliphatic hydroxyl groups is 2. The van der Waals surface area contributed by atoms with Gasteiger partial charge in [0.15, 0.2) is 0 Å². The number of hydrogen-bond donors (Lipinski definition) is 2. The molecule has 1 aromatic rings. The average Bonchev–Trinajstić information content (AvgIpc) is 2.28. The molecule has 84 valence electrons. The van der Waals surface area contributed by atoms with Gasteiger partial charge in [-0.15, -0.1) is 0 Å². The Morgan fingerprint density at radius 1 is 1.40 bits per heavy atom. The molecule has 0 aliphatic carbocycles. The molecule has 0 spiro atoms. The molecule has 0 fully saturated rings. The van der Waals surface area contributed by atoms with Crippen molar-refractivity contribution in [1.29, 1.82) is 0 Å². The first-order valence-corrected chi connectivity index (χ1v) is 5.04. The van der Waals surface area contributed by atoms with E-state index in [9.17, 15) is 10.2 Å². The zero-order valence-electron chi connectivity index (χ0n) is 9.05. The predicted molar refractivity (Wildman–Crippen MR) is 56.7 cm³/mol. The number of aliphatic hydroxyl groups excluding tert-OH is 2. The molecule has 4 heteroatoms. The van der Waals surface area contributed by atoms with Crippen LogP contribution in [0.1, 0.15) is 31.4 Å². The topological polar surface area (TPSA) is 62.6 Å². The predicted octanol–water partition coefficient (Wildman–Crippen LogP) is 1.28. The molecule has 0 amide bonds. The number of methoxy groups -OCH3 is 1. The summed E-state index contributed by atoms with van der Waals surface area (Å²) in [6.45, 7) is 1.96. The molecule has 0 aliphatic heterocycles. The van der Waals surface area contributed by atoms with Crippen molar-refractivity contribution >= 4 is 0 Å². The van der Waals surface area contributed by atoms with Gasteiger partial charge in [0, 0.05) is 11.8 Å². The van der Waals surface area contributed by atoms with E-state index in [1.54, 1.807) is 12.3 Å². The molecule has 0 saturated carbocycles. The van der Waals surface area contributed by atoms with Crippen LogP contribution in [0.3, 0.4) is 0 Å². The van der Waals surface area contributed by atoms with E-state index in [2.05, 4.69) is 4.98 Å². The smallest absolute Gasteiger partial charge is 0.137 e. The minimum absolute atomic E-state index is 0.568. The summed E-state index contributed by atoms with van der Waals surface area (Å²) in [5, 5.41) is 19.4. The first kappa shape index (κ1) is 11.9. The lowest BCUT2D eigenvalue weighted by molar-refractivity contribution is 0.0128. The van der Waals surface area contributed by atoms with Crippen LogP contribution in [0.2, 0.25) is 0 Å². The first-order chi connectivity index (χ1) is 7.19. The van der Waals surface area contributed by atoms with E-state index in [4.69, 9.17) is 4.74 Å². The highest BCUT2D eigenvalue weighted by Gasteiger charge is 2.18. The van der Waals surface area contributed by atoms with Crippen LogP contribution in [-0.2, 0) is 0 Å². The molecule has 0 aliphatic rings. The molecule has 1 aromatic heterocycles. The minimum Gasteiger partial charge on any atom is -0.495 e. The van der Waals surface area contributed by atoms with E-state index in [1.165, 1.54) is 13.3 Å². The fourth-order valence-corrected chi connectivity index (χ4v) is 1.38. The summed E-state index contributed by atoms with van der Waals surface area (Å²) < 4.78 is 4.99. The van der Waals surface area contributed by atoms with Gasteiger partial charge in [0.1, 0.15) is 11.9 Å². The number of ether oxygens (including phenoxy) is 1. The number of rotatable bonds is 5. The maximum absolute atomic E-state index is 9.79. The molecule has 0 aromatic carbocycles. The van der Waals surface area contributed by atoms with Crippen molar-refractivity contribution in [1.82, 2.24) is 4.98 Å². The SMILES string of the molecule is CCCC(O)C(O)c1cncc(OC)c1. The maximum Gasteiger partial charge on any atom is 0.137 e. The molecule has 2 N–H and O–H groups in total. The summed E-state index contributed by atoms with van der Waals surface area (Å²) in [6, 6.07) is 1.68. The Morgan fingerprint density at radius 3 is 2.73 bits per heavy atom. The zero-order valence-corrected chi connectivity index (χ0v) is 9.05.